The molecule has 1 saturated heterocycles. The van der Waals surface area contributed by atoms with Gasteiger partial charge in [-0.2, -0.15) is 13.2 Å². The second kappa shape index (κ2) is 11.8. The molecular formula is C31H34F3N5O4. The van der Waals surface area contributed by atoms with Crippen molar-refractivity contribution in [2.45, 2.75) is 76.8 Å². The quantitative estimate of drug-likeness (QED) is 0.326. The number of rotatable bonds is 5. The molecule has 1 aromatic heterocycles. The van der Waals surface area contributed by atoms with Crippen molar-refractivity contribution in [3.05, 3.63) is 65.5 Å². The van der Waals surface area contributed by atoms with E-state index in [1.54, 1.807) is 26.8 Å². The Morgan fingerprint density at radius 3 is 2.58 bits per heavy atom. The Balaban J connectivity index is 1.44. The second-order valence-electron chi connectivity index (χ2n) is 11.8. The summed E-state index contributed by atoms with van der Waals surface area (Å²) in [6.45, 7) is 5.44. The van der Waals surface area contributed by atoms with Crippen LogP contribution in [0.1, 0.15) is 56.7 Å². The Labute approximate surface area is 247 Å². The molecule has 0 spiro atoms. The average molecular weight is 598 g/mol. The van der Waals surface area contributed by atoms with Crippen LogP contribution in [0.5, 0.6) is 0 Å². The molecule has 1 aliphatic heterocycles. The van der Waals surface area contributed by atoms with Crippen molar-refractivity contribution < 1.29 is 32.6 Å². The molecule has 3 N–H and O–H groups in total. The smallest absolute Gasteiger partial charge is 0.416 e. The first-order valence-electron chi connectivity index (χ1n) is 14.2. The molecule has 0 unspecified atom stereocenters. The van der Waals surface area contributed by atoms with E-state index in [-0.39, 0.29) is 16.9 Å². The van der Waals surface area contributed by atoms with Gasteiger partial charge in [-0.05, 0) is 75.8 Å². The van der Waals surface area contributed by atoms with Gasteiger partial charge in [0.05, 0.1) is 23.0 Å². The number of alkyl halides is 3. The molecule has 228 valence electrons. The number of likely N-dealkylation sites (tertiary alicyclic amines) is 1. The van der Waals surface area contributed by atoms with Gasteiger partial charge < -0.3 is 20.5 Å². The van der Waals surface area contributed by atoms with Crippen LogP contribution in [0.3, 0.4) is 0 Å². The molecule has 0 saturated carbocycles. The van der Waals surface area contributed by atoms with Crippen LogP contribution < -0.4 is 10.6 Å². The van der Waals surface area contributed by atoms with E-state index in [0.717, 1.165) is 35.4 Å². The van der Waals surface area contributed by atoms with Gasteiger partial charge in [-0.25, -0.2) is 14.8 Å². The van der Waals surface area contributed by atoms with Gasteiger partial charge in [0, 0.05) is 30.3 Å². The second-order valence-corrected chi connectivity index (χ2v) is 11.8. The maximum Gasteiger partial charge on any atom is 0.416 e. The lowest BCUT2D eigenvalue weighted by atomic mass is 9.88. The molecule has 9 nitrogen and oxygen atoms in total. The Kier molecular flexibility index (Phi) is 8.33. The maximum absolute atomic E-state index is 13.7. The summed E-state index contributed by atoms with van der Waals surface area (Å²) >= 11 is 0. The minimum atomic E-state index is -4.65. The van der Waals surface area contributed by atoms with E-state index in [1.165, 1.54) is 17.3 Å². The number of amides is 2. The first kappa shape index (κ1) is 30.3. The van der Waals surface area contributed by atoms with Crippen LogP contribution in [0, 0.1) is 0 Å². The van der Waals surface area contributed by atoms with Crippen LogP contribution in [0.25, 0.3) is 11.3 Å². The van der Waals surface area contributed by atoms with Gasteiger partial charge >= 0.3 is 12.3 Å². The van der Waals surface area contributed by atoms with Crippen LogP contribution in [0.2, 0.25) is 0 Å². The summed E-state index contributed by atoms with van der Waals surface area (Å²) in [5.41, 5.74) is 1.60. The molecule has 2 atom stereocenters. The molecule has 1 fully saturated rings. The van der Waals surface area contributed by atoms with Crippen molar-refractivity contribution in [1.82, 2.24) is 14.9 Å². The van der Waals surface area contributed by atoms with Crippen molar-refractivity contribution in [2.75, 3.05) is 17.2 Å². The molecule has 5 rings (SSSR count). The van der Waals surface area contributed by atoms with Crippen molar-refractivity contribution in [3.8, 4) is 11.3 Å². The maximum atomic E-state index is 13.7. The van der Waals surface area contributed by atoms with Crippen LogP contribution in [0.15, 0.2) is 48.8 Å². The first-order valence-corrected chi connectivity index (χ1v) is 14.2. The summed E-state index contributed by atoms with van der Waals surface area (Å²) in [6, 6.07) is 9.53. The zero-order valence-corrected chi connectivity index (χ0v) is 24.2. The van der Waals surface area contributed by atoms with E-state index in [0.29, 0.717) is 38.0 Å². The number of nitrogens with zero attached hydrogens (tertiary/aromatic N) is 3. The summed E-state index contributed by atoms with van der Waals surface area (Å²) in [7, 11) is 0. The van der Waals surface area contributed by atoms with Crippen LogP contribution in [-0.2, 0) is 28.5 Å². The van der Waals surface area contributed by atoms with E-state index >= 15 is 0 Å². The number of fused-ring (bicyclic) bond motifs is 1. The van der Waals surface area contributed by atoms with Crippen LogP contribution >= 0.6 is 0 Å². The molecule has 2 aliphatic rings. The molecule has 43 heavy (non-hydrogen) atoms. The number of hydrogen-bond acceptors (Lipinski definition) is 7. The summed E-state index contributed by atoms with van der Waals surface area (Å²) in [5, 5.41) is 16.1. The van der Waals surface area contributed by atoms with Crippen molar-refractivity contribution in [3.63, 3.8) is 0 Å². The predicted octanol–water partition coefficient (Wildman–Crippen LogP) is 6.09. The van der Waals surface area contributed by atoms with Gasteiger partial charge in [0.1, 0.15) is 23.8 Å². The summed E-state index contributed by atoms with van der Waals surface area (Å²) < 4.78 is 46.5. The fourth-order valence-corrected chi connectivity index (χ4v) is 5.44. The summed E-state index contributed by atoms with van der Waals surface area (Å²) in [4.78, 5) is 36.0. The Bertz CT molecular complexity index is 1520. The number of anilines is 3. The number of ether oxygens (including phenoxy) is 1. The third kappa shape index (κ3) is 7.07. The fourth-order valence-electron chi connectivity index (χ4n) is 5.44. The zero-order chi connectivity index (χ0) is 30.9. The summed E-state index contributed by atoms with van der Waals surface area (Å²) in [6.07, 6.45) is -1.64. The number of halogens is 3. The highest BCUT2D eigenvalue weighted by Gasteiger charge is 2.37. The molecule has 2 amide bonds. The molecular weight excluding hydrogens is 563 g/mol. The van der Waals surface area contributed by atoms with E-state index in [9.17, 15) is 27.9 Å². The monoisotopic (exact) mass is 597 g/mol. The zero-order valence-electron chi connectivity index (χ0n) is 24.2. The highest BCUT2D eigenvalue weighted by molar-refractivity contribution is 6.00. The van der Waals surface area contributed by atoms with E-state index in [2.05, 4.69) is 20.6 Å². The van der Waals surface area contributed by atoms with Crippen molar-refractivity contribution in [2.24, 2.45) is 0 Å². The Morgan fingerprint density at radius 2 is 1.84 bits per heavy atom. The number of aryl methyl sites for hydroxylation is 1. The van der Waals surface area contributed by atoms with Crippen LogP contribution in [-0.4, -0.2) is 56.3 Å². The number of carbonyl (C=O) groups excluding carboxylic acids is 2. The number of aliphatic hydroxyl groups is 1. The minimum absolute atomic E-state index is 0.0965. The number of aliphatic hydroxyl groups excluding tert-OH is 1. The standard InChI is InChI=1S/C31H34F3N5O4/c1-30(2,3)43-29(42)39-13-5-8-26(39)28(41)38-25-14-19(31(32,33)34)10-12-21(25)24-16-27(36-17-35-24)37-23-7-4-6-18-9-11-20(40)15-22(18)23/h4,6-7,10,12,14,16-17,20,26,40H,5,8-9,11,13,15H2,1-3H3,(H,38,41)(H,35,36,37)/t20-,26+/m1/s1. The third-order valence-corrected chi connectivity index (χ3v) is 7.45. The van der Waals surface area contributed by atoms with Crippen molar-refractivity contribution in [1.29, 1.82) is 0 Å². The Morgan fingerprint density at radius 1 is 1.05 bits per heavy atom. The fraction of sp³-hybridized carbons (Fsp3) is 0.419. The number of carbonyl (C=O) groups is 2. The van der Waals surface area contributed by atoms with Crippen molar-refractivity contribution >= 4 is 29.2 Å². The van der Waals surface area contributed by atoms with Gasteiger partial charge in [0.2, 0.25) is 5.91 Å². The molecule has 2 heterocycles. The average Bonchev–Trinajstić information content (AvgIpc) is 3.43. The molecule has 2 aromatic carbocycles. The predicted molar refractivity (Wildman–Crippen MR) is 155 cm³/mol. The van der Waals surface area contributed by atoms with Gasteiger partial charge in [0.15, 0.2) is 0 Å². The minimum Gasteiger partial charge on any atom is -0.444 e. The number of nitrogens with one attached hydrogen (secondary N) is 2. The number of hydrogen-bond donors (Lipinski definition) is 3. The van der Waals surface area contributed by atoms with E-state index < -0.39 is 41.5 Å². The number of benzene rings is 2. The highest BCUT2D eigenvalue weighted by atomic mass is 19.4. The molecule has 3 aromatic rings. The van der Waals surface area contributed by atoms with Gasteiger partial charge in [-0.3, -0.25) is 9.69 Å². The number of aromatic nitrogens is 2. The third-order valence-electron chi connectivity index (χ3n) is 7.45. The van der Waals surface area contributed by atoms with E-state index in [1.807, 2.05) is 18.2 Å². The normalized spacial score (nSPS) is 18.6. The van der Waals surface area contributed by atoms with Gasteiger partial charge in [-0.15, -0.1) is 0 Å². The highest BCUT2D eigenvalue weighted by Crippen LogP contribution is 2.37. The lowest BCUT2D eigenvalue weighted by molar-refractivity contribution is -0.137. The Hall–Kier alpha value is -4.19. The van der Waals surface area contributed by atoms with E-state index in [4.69, 9.17) is 4.74 Å². The lowest BCUT2D eigenvalue weighted by Gasteiger charge is -2.28. The molecule has 0 radical (unpaired) electrons. The van der Waals surface area contributed by atoms with Gasteiger partial charge in [-0.1, -0.05) is 18.2 Å². The van der Waals surface area contributed by atoms with Crippen LogP contribution in [0.4, 0.5) is 35.2 Å². The topological polar surface area (TPSA) is 117 Å². The van der Waals surface area contributed by atoms with Gasteiger partial charge in [0.25, 0.3) is 0 Å². The summed E-state index contributed by atoms with van der Waals surface area (Å²) in [5.74, 6) is -0.228. The molecule has 12 heteroatoms. The first-order chi connectivity index (χ1) is 20.3. The molecule has 1 aliphatic carbocycles. The largest absolute Gasteiger partial charge is 0.444 e. The molecule has 0 bridgehead atoms. The SMILES string of the molecule is CC(C)(C)OC(=O)N1CCC[C@H]1C(=O)Nc1cc(C(F)(F)F)ccc1-c1cc(Nc2cccc3c2C[C@H](O)CC3)ncn1. The lowest BCUT2D eigenvalue weighted by Crippen LogP contribution is -2.45.